The molecule has 92 valence electrons. The molecule has 0 aliphatic heterocycles. The number of amides is 1. The summed E-state index contributed by atoms with van der Waals surface area (Å²) in [6, 6.07) is 5.83. The second-order valence-electron chi connectivity index (χ2n) is 4.35. The highest BCUT2D eigenvalue weighted by molar-refractivity contribution is 5.75. The highest BCUT2D eigenvalue weighted by Crippen LogP contribution is 2.32. The lowest BCUT2D eigenvalue weighted by atomic mass is 10.1. The van der Waals surface area contributed by atoms with Gasteiger partial charge in [-0.2, -0.15) is 0 Å². The standard InChI is InChI=1S/C13H18N2O2/c1-14-13(17)6-7-15-12-5-2-9-8-10(16)3-4-11(9)12/h3-4,8,12,15-16H,2,5-7H2,1H3,(H,14,17). The van der Waals surface area contributed by atoms with Gasteiger partial charge in [-0.25, -0.2) is 0 Å². The minimum absolute atomic E-state index is 0.0569. The van der Waals surface area contributed by atoms with E-state index in [0.29, 0.717) is 24.8 Å². The first-order valence-corrected chi connectivity index (χ1v) is 5.96. The first-order chi connectivity index (χ1) is 8.20. The van der Waals surface area contributed by atoms with Gasteiger partial charge in [0.1, 0.15) is 5.75 Å². The van der Waals surface area contributed by atoms with Crippen molar-refractivity contribution in [3.8, 4) is 5.75 Å². The van der Waals surface area contributed by atoms with Crippen molar-refractivity contribution in [2.24, 2.45) is 0 Å². The average molecular weight is 234 g/mol. The molecule has 17 heavy (non-hydrogen) atoms. The number of rotatable bonds is 4. The molecule has 1 atom stereocenters. The molecule has 1 aromatic carbocycles. The molecule has 1 aliphatic carbocycles. The van der Waals surface area contributed by atoms with Gasteiger partial charge < -0.3 is 15.7 Å². The predicted molar refractivity (Wildman–Crippen MR) is 65.9 cm³/mol. The Balaban J connectivity index is 1.91. The smallest absolute Gasteiger partial charge is 0.221 e. The molecule has 4 nitrogen and oxygen atoms in total. The molecule has 1 unspecified atom stereocenters. The Hall–Kier alpha value is -1.55. The second-order valence-corrected chi connectivity index (χ2v) is 4.35. The lowest BCUT2D eigenvalue weighted by Gasteiger charge is -2.13. The molecule has 0 spiro atoms. The Morgan fingerprint density at radius 2 is 2.35 bits per heavy atom. The molecule has 0 radical (unpaired) electrons. The van der Waals surface area contributed by atoms with Gasteiger partial charge in [0, 0.05) is 26.1 Å². The van der Waals surface area contributed by atoms with Gasteiger partial charge in [0.05, 0.1) is 0 Å². The molecule has 0 fully saturated rings. The summed E-state index contributed by atoms with van der Waals surface area (Å²) in [4.78, 5) is 11.1. The van der Waals surface area contributed by atoms with Crippen molar-refractivity contribution in [1.29, 1.82) is 0 Å². The number of fused-ring (bicyclic) bond motifs is 1. The lowest BCUT2D eigenvalue weighted by Crippen LogP contribution is -2.26. The largest absolute Gasteiger partial charge is 0.508 e. The van der Waals surface area contributed by atoms with Gasteiger partial charge in [0.15, 0.2) is 0 Å². The quantitative estimate of drug-likeness (QED) is 0.731. The van der Waals surface area contributed by atoms with E-state index in [-0.39, 0.29) is 5.91 Å². The summed E-state index contributed by atoms with van der Waals surface area (Å²) in [6.45, 7) is 0.685. The molecule has 0 aromatic heterocycles. The third-order valence-electron chi connectivity index (χ3n) is 3.23. The van der Waals surface area contributed by atoms with Crippen LogP contribution in [-0.4, -0.2) is 24.6 Å². The fourth-order valence-corrected chi connectivity index (χ4v) is 2.30. The lowest BCUT2D eigenvalue weighted by molar-refractivity contribution is -0.120. The van der Waals surface area contributed by atoms with Crippen molar-refractivity contribution in [2.45, 2.75) is 25.3 Å². The molecule has 1 aliphatic rings. The van der Waals surface area contributed by atoms with Crippen LogP contribution in [0.1, 0.15) is 30.0 Å². The molecular weight excluding hydrogens is 216 g/mol. The number of hydrogen-bond donors (Lipinski definition) is 3. The van der Waals surface area contributed by atoms with Crippen molar-refractivity contribution in [3.63, 3.8) is 0 Å². The van der Waals surface area contributed by atoms with Crippen molar-refractivity contribution in [1.82, 2.24) is 10.6 Å². The van der Waals surface area contributed by atoms with Crippen molar-refractivity contribution < 1.29 is 9.90 Å². The monoisotopic (exact) mass is 234 g/mol. The van der Waals surface area contributed by atoms with Gasteiger partial charge in [0.25, 0.3) is 0 Å². The molecule has 1 amide bonds. The van der Waals surface area contributed by atoms with E-state index < -0.39 is 0 Å². The topological polar surface area (TPSA) is 61.4 Å². The normalized spacial score (nSPS) is 17.8. The molecule has 0 saturated carbocycles. The number of carbonyl (C=O) groups excluding carboxylic acids is 1. The number of hydrogen-bond acceptors (Lipinski definition) is 3. The third-order valence-corrected chi connectivity index (χ3v) is 3.23. The van der Waals surface area contributed by atoms with Crippen LogP contribution in [0.3, 0.4) is 0 Å². The summed E-state index contributed by atoms with van der Waals surface area (Å²) in [5, 5.41) is 15.4. The summed E-state index contributed by atoms with van der Waals surface area (Å²) < 4.78 is 0. The minimum Gasteiger partial charge on any atom is -0.508 e. The van der Waals surface area contributed by atoms with E-state index in [2.05, 4.69) is 10.6 Å². The SMILES string of the molecule is CNC(=O)CCNC1CCc2cc(O)ccc21. The highest BCUT2D eigenvalue weighted by atomic mass is 16.3. The summed E-state index contributed by atoms with van der Waals surface area (Å²) in [5.41, 5.74) is 2.46. The Bertz CT molecular complexity index is 418. The molecule has 4 heteroatoms. The van der Waals surface area contributed by atoms with Crippen molar-refractivity contribution in [3.05, 3.63) is 29.3 Å². The van der Waals surface area contributed by atoms with Crippen LogP contribution in [0.4, 0.5) is 0 Å². The predicted octanol–water partition coefficient (Wildman–Crippen LogP) is 1.11. The van der Waals surface area contributed by atoms with Crippen LogP contribution in [0.15, 0.2) is 18.2 Å². The fourth-order valence-electron chi connectivity index (χ4n) is 2.30. The van der Waals surface area contributed by atoms with Crippen LogP contribution in [0.25, 0.3) is 0 Å². The molecule has 1 aromatic rings. The number of aryl methyl sites for hydroxylation is 1. The summed E-state index contributed by atoms with van der Waals surface area (Å²) in [6.07, 6.45) is 2.52. The molecule has 0 bridgehead atoms. The number of benzene rings is 1. The zero-order valence-electron chi connectivity index (χ0n) is 9.99. The van der Waals surface area contributed by atoms with Crippen molar-refractivity contribution >= 4 is 5.91 Å². The van der Waals surface area contributed by atoms with Gasteiger partial charge in [-0.15, -0.1) is 0 Å². The molecule has 2 rings (SSSR count). The number of carbonyl (C=O) groups is 1. The van der Waals surface area contributed by atoms with E-state index in [4.69, 9.17) is 0 Å². The summed E-state index contributed by atoms with van der Waals surface area (Å²) in [5.74, 6) is 0.385. The van der Waals surface area contributed by atoms with Gasteiger partial charge in [0.2, 0.25) is 5.91 Å². The van der Waals surface area contributed by atoms with E-state index in [0.717, 1.165) is 12.8 Å². The van der Waals surface area contributed by atoms with Gasteiger partial charge in [-0.3, -0.25) is 4.79 Å². The highest BCUT2D eigenvalue weighted by Gasteiger charge is 2.21. The van der Waals surface area contributed by atoms with E-state index in [9.17, 15) is 9.90 Å². The van der Waals surface area contributed by atoms with Crippen LogP contribution in [0, 0.1) is 0 Å². The van der Waals surface area contributed by atoms with E-state index in [1.54, 1.807) is 13.1 Å². The minimum atomic E-state index is 0.0569. The maximum absolute atomic E-state index is 11.1. The van der Waals surface area contributed by atoms with E-state index in [1.165, 1.54) is 11.1 Å². The van der Waals surface area contributed by atoms with Crippen molar-refractivity contribution in [2.75, 3.05) is 13.6 Å². The summed E-state index contributed by atoms with van der Waals surface area (Å²) in [7, 11) is 1.65. The number of phenolic OH excluding ortho intramolecular Hbond substituents is 1. The van der Waals surface area contributed by atoms with Crippen LogP contribution < -0.4 is 10.6 Å². The van der Waals surface area contributed by atoms with Crippen LogP contribution in [0.2, 0.25) is 0 Å². The first kappa shape index (κ1) is 11.9. The Labute approximate surface area is 101 Å². The molecule has 0 heterocycles. The third kappa shape index (κ3) is 2.77. The fraction of sp³-hybridized carbons (Fsp3) is 0.462. The van der Waals surface area contributed by atoms with Gasteiger partial charge >= 0.3 is 0 Å². The number of nitrogens with one attached hydrogen (secondary N) is 2. The van der Waals surface area contributed by atoms with Crippen LogP contribution >= 0.6 is 0 Å². The van der Waals surface area contributed by atoms with Gasteiger partial charge in [-0.1, -0.05) is 6.07 Å². The Kier molecular flexibility index (Phi) is 3.64. The average Bonchev–Trinajstić information content (AvgIpc) is 2.71. The maximum Gasteiger partial charge on any atom is 0.221 e. The zero-order valence-corrected chi connectivity index (χ0v) is 9.99. The van der Waals surface area contributed by atoms with E-state index >= 15 is 0 Å². The molecular formula is C13H18N2O2. The second kappa shape index (κ2) is 5.19. The number of aromatic hydroxyl groups is 1. The maximum atomic E-state index is 11.1. The van der Waals surface area contributed by atoms with E-state index in [1.807, 2.05) is 12.1 Å². The zero-order chi connectivity index (χ0) is 12.3. The Morgan fingerprint density at radius 3 is 3.12 bits per heavy atom. The van der Waals surface area contributed by atoms with Crippen LogP contribution in [0.5, 0.6) is 5.75 Å². The van der Waals surface area contributed by atoms with Crippen LogP contribution in [-0.2, 0) is 11.2 Å². The summed E-state index contributed by atoms with van der Waals surface area (Å²) >= 11 is 0. The molecule has 0 saturated heterocycles. The Morgan fingerprint density at radius 1 is 1.53 bits per heavy atom. The molecule has 3 N–H and O–H groups in total. The number of phenols is 1. The van der Waals surface area contributed by atoms with Gasteiger partial charge in [-0.05, 0) is 36.1 Å². The first-order valence-electron chi connectivity index (χ1n) is 5.96.